The van der Waals surface area contributed by atoms with Gasteiger partial charge in [0.25, 0.3) is 5.91 Å². The molecule has 0 spiro atoms. The first kappa shape index (κ1) is 16.4. The lowest BCUT2D eigenvalue weighted by Gasteiger charge is -2.05. The van der Waals surface area contributed by atoms with Crippen LogP contribution in [0.3, 0.4) is 0 Å². The Bertz CT molecular complexity index is 530. The van der Waals surface area contributed by atoms with Crippen molar-refractivity contribution in [3.63, 3.8) is 0 Å². The molecular formula is C14H15Cl2N3O. The smallest absolute Gasteiger partial charge is 0.263 e. The Morgan fingerprint density at radius 1 is 1.35 bits per heavy atom. The maximum atomic E-state index is 11.7. The van der Waals surface area contributed by atoms with Crippen molar-refractivity contribution in [3.05, 3.63) is 40.0 Å². The Morgan fingerprint density at radius 3 is 2.55 bits per heavy atom. The number of amides is 1. The first-order valence-corrected chi connectivity index (χ1v) is 6.93. The highest BCUT2D eigenvalue weighted by atomic mass is 35.5. The molecule has 0 aliphatic carbocycles. The monoisotopic (exact) mass is 311 g/mol. The van der Waals surface area contributed by atoms with Crippen molar-refractivity contribution in [1.82, 2.24) is 5.32 Å². The largest absolute Gasteiger partial charge is 0.360 e. The van der Waals surface area contributed by atoms with E-state index in [0.29, 0.717) is 22.3 Å². The summed E-state index contributed by atoms with van der Waals surface area (Å²) in [7, 11) is 0. The lowest BCUT2D eigenvalue weighted by Crippen LogP contribution is -2.25. The average molecular weight is 312 g/mol. The minimum absolute atomic E-state index is 0.00259. The van der Waals surface area contributed by atoms with E-state index in [0.717, 1.165) is 12.8 Å². The van der Waals surface area contributed by atoms with Gasteiger partial charge in [-0.25, -0.2) is 0 Å². The number of benzene rings is 1. The second-order valence-electron chi connectivity index (χ2n) is 4.08. The molecule has 1 aromatic carbocycles. The third-order valence-electron chi connectivity index (χ3n) is 2.43. The van der Waals surface area contributed by atoms with Gasteiger partial charge in [-0.15, -0.1) is 0 Å². The van der Waals surface area contributed by atoms with E-state index >= 15 is 0 Å². The summed E-state index contributed by atoms with van der Waals surface area (Å²) in [4.78, 5) is 11.7. The molecule has 4 nitrogen and oxygen atoms in total. The Labute approximate surface area is 128 Å². The quantitative estimate of drug-likeness (QED) is 0.478. The first-order valence-electron chi connectivity index (χ1n) is 6.18. The van der Waals surface area contributed by atoms with Crippen LogP contribution in [0, 0.1) is 11.3 Å². The van der Waals surface area contributed by atoms with Crippen LogP contribution in [0.25, 0.3) is 0 Å². The molecule has 106 valence electrons. The van der Waals surface area contributed by atoms with Crippen molar-refractivity contribution in [3.8, 4) is 6.07 Å². The van der Waals surface area contributed by atoms with Crippen LogP contribution < -0.4 is 10.6 Å². The van der Waals surface area contributed by atoms with Crippen LogP contribution in [0.15, 0.2) is 30.0 Å². The van der Waals surface area contributed by atoms with Gasteiger partial charge in [0.15, 0.2) is 0 Å². The Morgan fingerprint density at radius 2 is 2.00 bits per heavy atom. The fraction of sp³-hybridized carbons (Fsp3) is 0.286. The van der Waals surface area contributed by atoms with Gasteiger partial charge in [-0.2, -0.15) is 5.26 Å². The van der Waals surface area contributed by atoms with Gasteiger partial charge in [-0.1, -0.05) is 36.5 Å². The number of nitriles is 1. The van der Waals surface area contributed by atoms with Crippen molar-refractivity contribution < 1.29 is 4.79 Å². The van der Waals surface area contributed by atoms with E-state index in [1.165, 1.54) is 6.20 Å². The van der Waals surface area contributed by atoms with Crippen molar-refractivity contribution in [2.24, 2.45) is 0 Å². The van der Waals surface area contributed by atoms with Crippen LogP contribution in [0.5, 0.6) is 0 Å². The van der Waals surface area contributed by atoms with Crippen LogP contribution >= 0.6 is 23.2 Å². The van der Waals surface area contributed by atoms with Crippen molar-refractivity contribution in [1.29, 1.82) is 5.26 Å². The van der Waals surface area contributed by atoms with Crippen molar-refractivity contribution in [2.45, 2.75) is 19.8 Å². The molecule has 0 aromatic heterocycles. The number of unbranched alkanes of at least 4 members (excludes halogenated alkanes) is 1. The SMILES string of the molecule is CCCCNC(=O)/C(C#N)=C\Nc1cc(Cl)cc(Cl)c1. The van der Waals surface area contributed by atoms with Gasteiger partial charge in [0, 0.05) is 28.5 Å². The summed E-state index contributed by atoms with van der Waals surface area (Å²) in [6.07, 6.45) is 3.19. The molecule has 0 aliphatic rings. The number of anilines is 1. The molecule has 0 fully saturated rings. The normalized spacial score (nSPS) is 10.8. The number of carbonyl (C=O) groups excluding carboxylic acids is 1. The van der Waals surface area contributed by atoms with E-state index in [2.05, 4.69) is 10.6 Å². The summed E-state index contributed by atoms with van der Waals surface area (Å²) in [5.74, 6) is -0.401. The van der Waals surface area contributed by atoms with E-state index in [1.807, 2.05) is 13.0 Å². The summed E-state index contributed by atoms with van der Waals surface area (Å²) < 4.78 is 0. The number of halogens is 2. The van der Waals surface area contributed by atoms with E-state index in [4.69, 9.17) is 28.5 Å². The zero-order valence-electron chi connectivity index (χ0n) is 11.0. The molecule has 1 amide bonds. The molecule has 0 aliphatic heterocycles. The van der Waals surface area contributed by atoms with Crippen LogP contribution in [0.1, 0.15) is 19.8 Å². The van der Waals surface area contributed by atoms with Gasteiger partial charge in [-0.05, 0) is 24.6 Å². The fourth-order valence-electron chi connectivity index (χ4n) is 1.42. The number of nitrogens with one attached hydrogen (secondary N) is 2. The third-order valence-corrected chi connectivity index (χ3v) is 2.86. The van der Waals surface area contributed by atoms with Crippen LogP contribution in [0.2, 0.25) is 10.0 Å². The summed E-state index contributed by atoms with van der Waals surface area (Å²) in [6.45, 7) is 2.58. The van der Waals surface area contributed by atoms with E-state index in [1.54, 1.807) is 18.2 Å². The zero-order chi connectivity index (χ0) is 15.0. The molecular weight excluding hydrogens is 297 g/mol. The highest BCUT2D eigenvalue weighted by molar-refractivity contribution is 6.35. The van der Waals surface area contributed by atoms with E-state index in [-0.39, 0.29) is 5.57 Å². The van der Waals surface area contributed by atoms with Gasteiger partial charge < -0.3 is 10.6 Å². The lowest BCUT2D eigenvalue weighted by atomic mass is 10.2. The Balaban J connectivity index is 2.70. The van der Waals surface area contributed by atoms with Crippen LogP contribution in [0.4, 0.5) is 5.69 Å². The first-order chi connectivity index (χ1) is 9.56. The fourth-order valence-corrected chi connectivity index (χ4v) is 1.94. The summed E-state index contributed by atoms with van der Waals surface area (Å²) in [6, 6.07) is 6.74. The summed E-state index contributed by atoms with van der Waals surface area (Å²) in [5, 5.41) is 15.4. The minimum atomic E-state index is -0.401. The molecule has 0 atom stereocenters. The molecule has 0 radical (unpaired) electrons. The predicted molar refractivity (Wildman–Crippen MR) is 81.7 cm³/mol. The number of hydrogen-bond donors (Lipinski definition) is 2. The molecule has 1 rings (SSSR count). The highest BCUT2D eigenvalue weighted by Gasteiger charge is 2.07. The molecule has 0 saturated heterocycles. The maximum absolute atomic E-state index is 11.7. The van der Waals surface area contributed by atoms with Gasteiger partial charge in [0.2, 0.25) is 0 Å². The second kappa shape index (κ2) is 8.47. The zero-order valence-corrected chi connectivity index (χ0v) is 12.6. The number of rotatable bonds is 6. The van der Waals surface area contributed by atoms with Gasteiger partial charge in [0.05, 0.1) is 0 Å². The molecule has 0 heterocycles. The molecule has 20 heavy (non-hydrogen) atoms. The maximum Gasteiger partial charge on any atom is 0.263 e. The number of nitrogens with zero attached hydrogens (tertiary/aromatic N) is 1. The molecule has 1 aromatic rings. The Kier molecular flexibility index (Phi) is 6.92. The summed E-state index contributed by atoms with van der Waals surface area (Å²) >= 11 is 11.7. The number of hydrogen-bond acceptors (Lipinski definition) is 3. The molecule has 0 unspecified atom stereocenters. The molecule has 0 bridgehead atoms. The molecule has 6 heteroatoms. The minimum Gasteiger partial charge on any atom is -0.360 e. The van der Waals surface area contributed by atoms with Crippen molar-refractivity contribution >= 4 is 34.8 Å². The Hall–Kier alpha value is -1.70. The van der Waals surface area contributed by atoms with Gasteiger partial charge in [0.1, 0.15) is 11.6 Å². The lowest BCUT2D eigenvalue weighted by molar-refractivity contribution is -0.117. The summed E-state index contributed by atoms with van der Waals surface area (Å²) in [5.41, 5.74) is 0.605. The number of carbonyl (C=O) groups is 1. The second-order valence-corrected chi connectivity index (χ2v) is 4.95. The average Bonchev–Trinajstić information content (AvgIpc) is 2.38. The van der Waals surface area contributed by atoms with Gasteiger partial charge in [-0.3, -0.25) is 4.79 Å². The van der Waals surface area contributed by atoms with Crippen molar-refractivity contribution in [2.75, 3.05) is 11.9 Å². The predicted octanol–water partition coefficient (Wildman–Crippen LogP) is 3.73. The molecule has 0 saturated carbocycles. The van der Waals surface area contributed by atoms with Gasteiger partial charge >= 0.3 is 0 Å². The van der Waals surface area contributed by atoms with E-state index < -0.39 is 5.91 Å². The third kappa shape index (κ3) is 5.52. The van der Waals surface area contributed by atoms with E-state index in [9.17, 15) is 4.79 Å². The van der Waals surface area contributed by atoms with Crippen LogP contribution in [-0.2, 0) is 4.79 Å². The topological polar surface area (TPSA) is 64.9 Å². The standard InChI is InChI=1S/C14H15Cl2N3O/c1-2-3-4-18-14(20)10(8-17)9-19-13-6-11(15)5-12(16)7-13/h5-7,9,19H,2-4H2,1H3,(H,18,20)/b10-9-. The van der Waals surface area contributed by atoms with Crippen LogP contribution in [-0.4, -0.2) is 12.5 Å². The molecule has 2 N–H and O–H groups in total. The highest BCUT2D eigenvalue weighted by Crippen LogP contribution is 2.22.